The van der Waals surface area contributed by atoms with Crippen molar-refractivity contribution >= 4 is 17.5 Å². The van der Waals surface area contributed by atoms with Crippen LogP contribution in [0.3, 0.4) is 0 Å². The number of aromatic nitrogens is 1. The van der Waals surface area contributed by atoms with Gasteiger partial charge >= 0.3 is 0 Å². The predicted octanol–water partition coefficient (Wildman–Crippen LogP) is 5.43. The van der Waals surface area contributed by atoms with Crippen LogP contribution in [-0.2, 0) is 11.2 Å². The summed E-state index contributed by atoms with van der Waals surface area (Å²) >= 11 is 6.63. The van der Waals surface area contributed by atoms with E-state index in [-0.39, 0.29) is 0 Å². The van der Waals surface area contributed by atoms with Gasteiger partial charge in [-0.1, -0.05) is 36.2 Å². The minimum Gasteiger partial charge on any atom is -0.340 e. The number of likely N-dealkylation sites (tertiary alicyclic amines) is 1. The van der Waals surface area contributed by atoms with Gasteiger partial charge in [-0.25, -0.2) is 0 Å². The van der Waals surface area contributed by atoms with Crippen molar-refractivity contribution in [2.24, 2.45) is 5.92 Å². The van der Waals surface area contributed by atoms with Crippen molar-refractivity contribution in [3.8, 4) is 11.1 Å². The second-order valence-electron chi connectivity index (χ2n) is 8.08. The van der Waals surface area contributed by atoms with E-state index >= 15 is 0 Å². The van der Waals surface area contributed by atoms with Crippen LogP contribution in [0.4, 0.5) is 0 Å². The van der Waals surface area contributed by atoms with Gasteiger partial charge in [0, 0.05) is 41.5 Å². The fraction of sp³-hybridized carbons (Fsp3) is 0.478. The number of amides is 1. The third kappa shape index (κ3) is 4.19. The predicted molar refractivity (Wildman–Crippen MR) is 110 cm³/mol. The molecule has 1 amide bonds. The number of rotatable bonds is 4. The number of benzene rings is 1. The molecule has 2 unspecified atom stereocenters. The molecule has 0 bridgehead atoms. The highest BCUT2D eigenvalue weighted by molar-refractivity contribution is 6.31. The standard InChI is InChI=1S/C23H27ClN2O/c1-16-7-8-20(15-25-16)18-9-10-19(22(24)14-18)12-17-4-2-5-21(13-17)26-11-3-6-23(26)27/h7-10,14-15,17,21H,2-6,11-13H2,1H3. The molecule has 142 valence electrons. The topological polar surface area (TPSA) is 33.2 Å². The Bertz CT molecular complexity index is 818. The van der Waals surface area contributed by atoms with Crippen LogP contribution in [0.2, 0.25) is 5.02 Å². The van der Waals surface area contributed by atoms with Crippen molar-refractivity contribution in [3.63, 3.8) is 0 Å². The van der Waals surface area contributed by atoms with E-state index in [4.69, 9.17) is 11.6 Å². The monoisotopic (exact) mass is 382 g/mol. The summed E-state index contributed by atoms with van der Waals surface area (Å²) < 4.78 is 0. The maximum absolute atomic E-state index is 12.1. The second kappa shape index (κ2) is 8.02. The summed E-state index contributed by atoms with van der Waals surface area (Å²) in [5, 5.41) is 0.840. The van der Waals surface area contributed by atoms with Crippen LogP contribution in [-0.4, -0.2) is 28.4 Å². The minimum atomic E-state index is 0.356. The average Bonchev–Trinajstić information content (AvgIpc) is 3.10. The Morgan fingerprint density at radius 2 is 2.00 bits per heavy atom. The van der Waals surface area contributed by atoms with E-state index in [0.717, 1.165) is 60.5 Å². The zero-order valence-electron chi connectivity index (χ0n) is 16.0. The number of carbonyl (C=O) groups excluding carboxylic acids is 1. The first-order chi connectivity index (χ1) is 13.1. The molecular formula is C23H27ClN2O. The van der Waals surface area contributed by atoms with E-state index < -0.39 is 0 Å². The summed E-state index contributed by atoms with van der Waals surface area (Å²) in [7, 11) is 0. The van der Waals surface area contributed by atoms with Crippen molar-refractivity contribution in [2.75, 3.05) is 6.54 Å². The molecule has 2 atom stereocenters. The molecule has 4 heteroatoms. The lowest BCUT2D eigenvalue weighted by Crippen LogP contribution is -2.39. The molecule has 2 aliphatic rings. The van der Waals surface area contributed by atoms with Crippen molar-refractivity contribution in [1.29, 1.82) is 0 Å². The number of aryl methyl sites for hydroxylation is 1. The molecule has 3 nitrogen and oxygen atoms in total. The minimum absolute atomic E-state index is 0.356. The fourth-order valence-corrected chi connectivity index (χ4v) is 4.89. The van der Waals surface area contributed by atoms with E-state index in [2.05, 4.69) is 34.1 Å². The van der Waals surface area contributed by atoms with Gasteiger partial charge in [0.2, 0.25) is 5.91 Å². The summed E-state index contributed by atoms with van der Waals surface area (Å²) in [4.78, 5) is 18.6. The lowest BCUT2D eigenvalue weighted by atomic mass is 9.81. The van der Waals surface area contributed by atoms with E-state index in [1.54, 1.807) is 0 Å². The largest absolute Gasteiger partial charge is 0.340 e. The van der Waals surface area contributed by atoms with Gasteiger partial charge in [-0.3, -0.25) is 9.78 Å². The van der Waals surface area contributed by atoms with Crippen LogP contribution < -0.4 is 0 Å². The van der Waals surface area contributed by atoms with Gasteiger partial charge < -0.3 is 4.90 Å². The highest BCUT2D eigenvalue weighted by atomic mass is 35.5. The van der Waals surface area contributed by atoms with Gasteiger partial charge in [-0.15, -0.1) is 0 Å². The highest BCUT2D eigenvalue weighted by Gasteiger charge is 2.32. The lowest BCUT2D eigenvalue weighted by Gasteiger charge is -2.35. The van der Waals surface area contributed by atoms with E-state index in [1.165, 1.54) is 18.4 Å². The quantitative estimate of drug-likeness (QED) is 0.705. The summed E-state index contributed by atoms with van der Waals surface area (Å²) in [5.41, 5.74) is 4.45. The third-order valence-electron chi connectivity index (χ3n) is 6.11. The zero-order valence-corrected chi connectivity index (χ0v) is 16.7. The first-order valence-electron chi connectivity index (χ1n) is 10.1. The molecule has 0 spiro atoms. The average molecular weight is 383 g/mol. The van der Waals surface area contributed by atoms with Gasteiger partial charge in [0.1, 0.15) is 0 Å². The van der Waals surface area contributed by atoms with E-state index in [1.807, 2.05) is 19.2 Å². The van der Waals surface area contributed by atoms with Crippen LogP contribution in [0.25, 0.3) is 11.1 Å². The number of halogens is 1. The Labute approximate surface area is 166 Å². The van der Waals surface area contributed by atoms with E-state index in [9.17, 15) is 4.79 Å². The molecule has 2 heterocycles. The third-order valence-corrected chi connectivity index (χ3v) is 6.46. The first kappa shape index (κ1) is 18.5. The number of carbonyl (C=O) groups is 1. The molecule has 1 aliphatic carbocycles. The van der Waals surface area contributed by atoms with Crippen molar-refractivity contribution in [3.05, 3.63) is 52.8 Å². The van der Waals surface area contributed by atoms with E-state index in [0.29, 0.717) is 17.9 Å². The van der Waals surface area contributed by atoms with Crippen LogP contribution in [0.15, 0.2) is 36.5 Å². The molecule has 0 N–H and O–H groups in total. The zero-order chi connectivity index (χ0) is 18.8. The SMILES string of the molecule is Cc1ccc(-c2ccc(CC3CCCC(N4CCCC4=O)C3)c(Cl)c2)cn1. The van der Waals surface area contributed by atoms with Crippen LogP contribution >= 0.6 is 11.6 Å². The Morgan fingerprint density at radius 1 is 1.15 bits per heavy atom. The normalized spacial score (nSPS) is 23.0. The molecule has 4 rings (SSSR count). The van der Waals surface area contributed by atoms with Crippen molar-refractivity contribution < 1.29 is 4.79 Å². The molecular weight excluding hydrogens is 356 g/mol. The van der Waals surface area contributed by atoms with Gasteiger partial charge in [-0.05, 0) is 68.2 Å². The maximum atomic E-state index is 12.1. The molecule has 0 radical (unpaired) electrons. The summed E-state index contributed by atoms with van der Waals surface area (Å²) in [6.07, 6.45) is 9.40. The number of pyridine rings is 1. The molecule has 1 saturated carbocycles. The van der Waals surface area contributed by atoms with Crippen LogP contribution in [0.1, 0.15) is 49.8 Å². The van der Waals surface area contributed by atoms with Crippen LogP contribution in [0, 0.1) is 12.8 Å². The van der Waals surface area contributed by atoms with Gasteiger partial charge in [0.05, 0.1) is 0 Å². The van der Waals surface area contributed by atoms with Gasteiger partial charge in [-0.2, -0.15) is 0 Å². The molecule has 2 aromatic rings. The smallest absolute Gasteiger partial charge is 0.222 e. The second-order valence-corrected chi connectivity index (χ2v) is 8.48. The number of nitrogens with zero attached hydrogens (tertiary/aromatic N) is 2. The van der Waals surface area contributed by atoms with Gasteiger partial charge in [0.25, 0.3) is 0 Å². The molecule has 27 heavy (non-hydrogen) atoms. The van der Waals surface area contributed by atoms with Crippen molar-refractivity contribution in [2.45, 2.75) is 57.9 Å². The molecule has 2 fully saturated rings. The Hall–Kier alpha value is -1.87. The molecule has 1 saturated heterocycles. The summed E-state index contributed by atoms with van der Waals surface area (Å²) in [6, 6.07) is 10.9. The molecule has 1 aromatic heterocycles. The number of hydrogen-bond donors (Lipinski definition) is 0. The number of hydrogen-bond acceptors (Lipinski definition) is 2. The summed E-state index contributed by atoms with van der Waals surface area (Å²) in [6.45, 7) is 2.95. The lowest BCUT2D eigenvalue weighted by molar-refractivity contribution is -0.130. The first-order valence-corrected chi connectivity index (χ1v) is 10.5. The molecule has 1 aliphatic heterocycles. The van der Waals surface area contributed by atoms with Crippen molar-refractivity contribution in [1.82, 2.24) is 9.88 Å². The fourth-order valence-electron chi connectivity index (χ4n) is 4.63. The van der Waals surface area contributed by atoms with Crippen LogP contribution in [0.5, 0.6) is 0 Å². The maximum Gasteiger partial charge on any atom is 0.222 e. The Kier molecular flexibility index (Phi) is 5.49. The summed E-state index contributed by atoms with van der Waals surface area (Å²) in [5.74, 6) is 0.969. The highest BCUT2D eigenvalue weighted by Crippen LogP contribution is 2.34. The Morgan fingerprint density at radius 3 is 2.70 bits per heavy atom. The molecule has 1 aromatic carbocycles. The van der Waals surface area contributed by atoms with Gasteiger partial charge in [0.15, 0.2) is 0 Å². The Balaban J connectivity index is 1.44.